The van der Waals surface area contributed by atoms with E-state index in [0.717, 1.165) is 17.8 Å². The highest BCUT2D eigenvalue weighted by Gasteiger charge is 2.51. The molecule has 0 bridgehead atoms. The van der Waals surface area contributed by atoms with Gasteiger partial charge in [0.2, 0.25) is 0 Å². The topological polar surface area (TPSA) is 106 Å². The molecule has 0 aromatic heterocycles. The number of amidine groups is 1. The number of rotatable bonds is 1. The van der Waals surface area contributed by atoms with Gasteiger partial charge in [0.25, 0.3) is 5.91 Å². The Morgan fingerprint density at radius 1 is 1.40 bits per heavy atom. The Bertz CT molecular complexity index is 588. The lowest BCUT2D eigenvalue weighted by atomic mass is 10.3. The smallest absolute Gasteiger partial charge is 0.342 e. The first kappa shape index (κ1) is 12.8. The molecule has 2 N–H and O–H groups in total. The van der Waals surface area contributed by atoms with Crippen LogP contribution in [0.3, 0.4) is 0 Å². The van der Waals surface area contributed by atoms with Gasteiger partial charge in [0, 0.05) is 20.2 Å². The number of nitrogens with one attached hydrogen (secondary N) is 1. The van der Waals surface area contributed by atoms with Crippen molar-refractivity contribution in [1.82, 2.24) is 20.1 Å². The predicted molar refractivity (Wildman–Crippen MR) is 69.2 cm³/mol. The van der Waals surface area contributed by atoms with Crippen molar-refractivity contribution < 1.29 is 19.5 Å². The van der Waals surface area contributed by atoms with E-state index >= 15 is 0 Å². The molecular formula is C10H11N5O4S. The normalized spacial score (nSPS) is 28.6. The largest absolute Gasteiger partial charge is 0.477 e. The first-order chi connectivity index (χ1) is 9.41. The average molecular weight is 297 g/mol. The van der Waals surface area contributed by atoms with Gasteiger partial charge in [-0.05, 0) is 11.8 Å². The molecule has 3 amide bonds. The molecule has 2 unspecified atom stereocenters. The summed E-state index contributed by atoms with van der Waals surface area (Å²) in [5.41, 5.74) is 2.79. The van der Waals surface area contributed by atoms with Crippen LogP contribution in [0.4, 0.5) is 4.79 Å². The molecule has 106 valence electrons. The zero-order valence-corrected chi connectivity index (χ0v) is 11.4. The van der Waals surface area contributed by atoms with Gasteiger partial charge in [0.05, 0.1) is 0 Å². The summed E-state index contributed by atoms with van der Waals surface area (Å²) in [6.07, 6.45) is 0.0394. The predicted octanol–water partition coefficient (Wildman–Crippen LogP) is -0.946. The second-order valence-corrected chi connectivity index (χ2v) is 5.52. The Hall–Kier alpha value is -2.23. The van der Waals surface area contributed by atoms with Crippen molar-refractivity contribution in [2.45, 2.75) is 12.3 Å². The van der Waals surface area contributed by atoms with E-state index in [1.54, 1.807) is 14.1 Å². The van der Waals surface area contributed by atoms with Crippen LogP contribution in [0.1, 0.15) is 0 Å². The number of carboxylic acids is 1. The van der Waals surface area contributed by atoms with E-state index in [2.05, 4.69) is 10.5 Å². The monoisotopic (exact) mass is 297 g/mol. The summed E-state index contributed by atoms with van der Waals surface area (Å²) >= 11 is 0.878. The third-order valence-electron chi connectivity index (χ3n) is 3.37. The maximum Gasteiger partial charge on any atom is 0.342 e. The van der Waals surface area contributed by atoms with Gasteiger partial charge in [-0.2, -0.15) is 5.10 Å². The van der Waals surface area contributed by atoms with Crippen molar-refractivity contribution in [3.05, 3.63) is 11.0 Å². The molecule has 3 aliphatic rings. The van der Waals surface area contributed by atoms with Crippen molar-refractivity contribution in [2.75, 3.05) is 14.1 Å². The summed E-state index contributed by atoms with van der Waals surface area (Å²) in [6.45, 7) is 0. The highest BCUT2D eigenvalue weighted by atomic mass is 32.2. The first-order valence-corrected chi connectivity index (χ1v) is 6.52. The Kier molecular flexibility index (Phi) is 2.64. The minimum Gasteiger partial charge on any atom is -0.477 e. The minimum atomic E-state index is -1.18. The third kappa shape index (κ3) is 1.57. The number of fused-ring (bicyclic) bond motifs is 3. The Labute approximate surface area is 117 Å². The number of carbonyl (C=O) groups excluding carboxylic acids is 2. The van der Waals surface area contributed by atoms with Gasteiger partial charge >= 0.3 is 12.0 Å². The fraction of sp³-hybridized carbons (Fsp3) is 0.400. The maximum absolute atomic E-state index is 12.2. The van der Waals surface area contributed by atoms with Crippen molar-refractivity contribution in [3.63, 3.8) is 0 Å². The number of thioether (sulfide) groups is 1. The molecule has 9 nitrogen and oxygen atoms in total. The molecule has 0 aromatic carbocycles. The second kappa shape index (κ2) is 4.13. The number of carbonyl (C=O) groups is 3. The molecule has 0 aromatic rings. The fourth-order valence-electron chi connectivity index (χ4n) is 2.36. The van der Waals surface area contributed by atoms with Crippen LogP contribution in [0.25, 0.3) is 0 Å². The minimum absolute atomic E-state index is 0.0921. The quantitative estimate of drug-likeness (QED) is 0.647. The van der Waals surface area contributed by atoms with Gasteiger partial charge in [0.15, 0.2) is 17.5 Å². The Morgan fingerprint density at radius 3 is 2.75 bits per heavy atom. The second-order valence-electron chi connectivity index (χ2n) is 4.51. The molecule has 0 radical (unpaired) electrons. The summed E-state index contributed by atoms with van der Waals surface area (Å²) in [7, 11) is 3.19. The van der Waals surface area contributed by atoms with Crippen LogP contribution in [0, 0.1) is 0 Å². The lowest BCUT2D eigenvalue weighted by molar-refractivity contribution is -0.133. The Morgan fingerprint density at radius 2 is 2.10 bits per heavy atom. The number of likely N-dealkylation sites (N-methyl/N-ethyl adjacent to an activating group) is 2. The molecule has 0 saturated carbocycles. The van der Waals surface area contributed by atoms with Crippen LogP contribution in [-0.2, 0) is 9.59 Å². The van der Waals surface area contributed by atoms with Crippen molar-refractivity contribution in [2.24, 2.45) is 5.10 Å². The van der Waals surface area contributed by atoms with Gasteiger partial charge in [-0.25, -0.2) is 9.59 Å². The molecule has 1 saturated heterocycles. The van der Waals surface area contributed by atoms with Gasteiger partial charge in [-0.15, -0.1) is 0 Å². The number of urea groups is 1. The zero-order valence-electron chi connectivity index (χ0n) is 10.6. The van der Waals surface area contributed by atoms with Crippen LogP contribution in [0.15, 0.2) is 16.1 Å². The molecular weight excluding hydrogens is 286 g/mol. The van der Waals surface area contributed by atoms with E-state index in [0.29, 0.717) is 0 Å². The molecule has 1 fully saturated rings. The molecule has 0 spiro atoms. The van der Waals surface area contributed by atoms with Crippen LogP contribution < -0.4 is 5.43 Å². The van der Waals surface area contributed by atoms with Gasteiger partial charge < -0.3 is 14.9 Å². The number of hydrazone groups is 1. The first-order valence-electron chi connectivity index (χ1n) is 5.70. The lowest BCUT2D eigenvalue weighted by Gasteiger charge is -2.39. The van der Waals surface area contributed by atoms with E-state index in [1.165, 1.54) is 14.7 Å². The number of nitrogens with zero attached hydrogens (tertiary/aromatic N) is 4. The van der Waals surface area contributed by atoms with E-state index in [9.17, 15) is 14.4 Å². The summed E-state index contributed by atoms with van der Waals surface area (Å²) in [5, 5.41) is 13.2. The summed E-state index contributed by atoms with van der Waals surface area (Å²) in [4.78, 5) is 39.2. The molecule has 0 aliphatic carbocycles. The summed E-state index contributed by atoms with van der Waals surface area (Å²) in [6, 6.07) is -0.241. The highest BCUT2D eigenvalue weighted by molar-refractivity contribution is 8.18. The number of hydrogen-bond donors (Lipinski definition) is 2. The number of aliphatic carboxylic acids is 1. The lowest BCUT2D eigenvalue weighted by Crippen LogP contribution is -2.61. The SMILES string of the molecule is CN1C(=O)N(C)C2C1NN=C1SC(C(=O)O)=CC(=O)N12. The maximum atomic E-state index is 12.2. The Balaban J connectivity index is 2.00. The van der Waals surface area contributed by atoms with E-state index in [4.69, 9.17) is 5.11 Å². The van der Waals surface area contributed by atoms with Crippen LogP contribution >= 0.6 is 11.8 Å². The fourth-order valence-corrected chi connectivity index (χ4v) is 3.20. The highest BCUT2D eigenvalue weighted by Crippen LogP contribution is 2.33. The molecule has 3 rings (SSSR count). The average Bonchev–Trinajstić information content (AvgIpc) is 2.63. The zero-order chi connectivity index (χ0) is 14.6. The number of carboxylic acid groups (broad SMARTS) is 1. The van der Waals surface area contributed by atoms with Crippen molar-refractivity contribution >= 4 is 34.8 Å². The third-order valence-corrected chi connectivity index (χ3v) is 4.35. The van der Waals surface area contributed by atoms with Gasteiger partial charge in [-0.3, -0.25) is 15.1 Å². The molecule has 10 heteroatoms. The molecule has 20 heavy (non-hydrogen) atoms. The number of amides is 3. The molecule has 2 atom stereocenters. The van der Waals surface area contributed by atoms with Crippen LogP contribution in [0.2, 0.25) is 0 Å². The van der Waals surface area contributed by atoms with Crippen molar-refractivity contribution in [1.29, 1.82) is 0 Å². The van der Waals surface area contributed by atoms with Crippen LogP contribution in [0.5, 0.6) is 0 Å². The van der Waals surface area contributed by atoms with Crippen molar-refractivity contribution in [3.8, 4) is 0 Å². The van der Waals surface area contributed by atoms with Crippen LogP contribution in [-0.4, -0.2) is 69.3 Å². The number of hydrogen-bond acceptors (Lipinski definition) is 6. The molecule has 3 heterocycles. The van der Waals surface area contributed by atoms with Gasteiger partial charge in [0.1, 0.15) is 4.91 Å². The summed E-state index contributed by atoms with van der Waals surface area (Å²) < 4.78 is 0. The van der Waals surface area contributed by atoms with E-state index in [-0.39, 0.29) is 16.1 Å². The molecule has 3 aliphatic heterocycles. The van der Waals surface area contributed by atoms with E-state index < -0.39 is 24.2 Å². The standard InChI is InChI=1S/C10H11N5O4S/c1-13-6-7(14(2)10(13)19)15-5(16)3-4(8(17)18)20-9(15)12-11-6/h3,6-7,11H,1-2H3,(H,17,18). The van der Waals surface area contributed by atoms with E-state index in [1.807, 2.05) is 0 Å². The summed E-state index contributed by atoms with van der Waals surface area (Å²) in [5.74, 6) is -1.67. The van der Waals surface area contributed by atoms with Gasteiger partial charge in [-0.1, -0.05) is 0 Å².